The topological polar surface area (TPSA) is 87.5 Å². The number of aromatic nitrogens is 2. The molecule has 0 spiro atoms. The van der Waals surface area contributed by atoms with E-state index in [1.807, 2.05) is 30.3 Å². The fourth-order valence-electron chi connectivity index (χ4n) is 2.67. The van der Waals surface area contributed by atoms with Crippen LogP contribution in [0.4, 0.5) is 0 Å². The lowest BCUT2D eigenvalue weighted by atomic mass is 10.3. The first kappa shape index (κ1) is 16.6. The predicted molar refractivity (Wildman–Crippen MR) is 89.0 cm³/mol. The SMILES string of the molecule is CNS(=O)(=O)N1CCN(C(=O)c2cncn2-c2ccccc2)CC1. The van der Waals surface area contributed by atoms with Crippen molar-refractivity contribution < 1.29 is 13.2 Å². The molecular weight excluding hydrogens is 330 g/mol. The monoisotopic (exact) mass is 349 g/mol. The number of benzene rings is 1. The molecule has 1 aliphatic heterocycles. The minimum Gasteiger partial charge on any atom is -0.335 e. The molecule has 0 saturated carbocycles. The van der Waals surface area contributed by atoms with Crippen LogP contribution in [-0.2, 0) is 10.2 Å². The molecule has 0 aliphatic carbocycles. The standard InChI is InChI=1S/C15H19N5O3S/c1-16-24(22,23)19-9-7-18(8-10-19)15(21)14-11-17-12-20(14)13-5-3-2-4-6-13/h2-6,11-12,16H,7-10H2,1H3. The zero-order chi connectivity index (χ0) is 17.2. The summed E-state index contributed by atoms with van der Waals surface area (Å²) in [5.74, 6) is -0.155. The maximum absolute atomic E-state index is 12.8. The minimum absolute atomic E-state index is 0.155. The molecule has 1 saturated heterocycles. The lowest BCUT2D eigenvalue weighted by Crippen LogP contribution is -2.53. The van der Waals surface area contributed by atoms with Gasteiger partial charge in [0.05, 0.1) is 12.5 Å². The molecule has 9 heteroatoms. The van der Waals surface area contributed by atoms with Gasteiger partial charge < -0.3 is 4.90 Å². The lowest BCUT2D eigenvalue weighted by Gasteiger charge is -2.33. The van der Waals surface area contributed by atoms with Gasteiger partial charge in [0.15, 0.2) is 0 Å². The molecule has 2 heterocycles. The minimum atomic E-state index is -3.45. The first-order chi connectivity index (χ1) is 11.5. The summed E-state index contributed by atoms with van der Waals surface area (Å²) in [5.41, 5.74) is 1.32. The highest BCUT2D eigenvalue weighted by molar-refractivity contribution is 7.87. The van der Waals surface area contributed by atoms with Gasteiger partial charge in [-0.3, -0.25) is 9.36 Å². The van der Waals surface area contributed by atoms with Crippen LogP contribution >= 0.6 is 0 Å². The van der Waals surface area contributed by atoms with Crippen molar-refractivity contribution in [2.24, 2.45) is 0 Å². The molecule has 0 bridgehead atoms. The van der Waals surface area contributed by atoms with Gasteiger partial charge in [-0.2, -0.15) is 12.7 Å². The molecule has 0 atom stereocenters. The highest BCUT2D eigenvalue weighted by Gasteiger charge is 2.29. The van der Waals surface area contributed by atoms with Crippen LogP contribution in [0.1, 0.15) is 10.5 Å². The van der Waals surface area contributed by atoms with Crippen LogP contribution < -0.4 is 4.72 Å². The molecular formula is C15H19N5O3S. The molecule has 1 aliphatic rings. The van der Waals surface area contributed by atoms with Crippen molar-refractivity contribution >= 4 is 16.1 Å². The van der Waals surface area contributed by atoms with E-state index in [4.69, 9.17) is 0 Å². The molecule has 2 aromatic rings. The van der Waals surface area contributed by atoms with E-state index in [2.05, 4.69) is 9.71 Å². The number of para-hydroxylation sites is 1. The zero-order valence-corrected chi connectivity index (χ0v) is 14.1. The van der Waals surface area contributed by atoms with Crippen LogP contribution in [0, 0.1) is 0 Å². The molecule has 1 amide bonds. The maximum Gasteiger partial charge on any atom is 0.279 e. The van der Waals surface area contributed by atoms with E-state index in [0.29, 0.717) is 18.8 Å². The predicted octanol–water partition coefficient (Wildman–Crippen LogP) is 0.0943. The Morgan fingerprint density at radius 2 is 1.79 bits per heavy atom. The Labute approximate surface area is 140 Å². The number of carbonyl (C=O) groups is 1. The van der Waals surface area contributed by atoms with Gasteiger partial charge in [0.2, 0.25) is 0 Å². The summed E-state index contributed by atoms with van der Waals surface area (Å²) in [6, 6.07) is 9.49. The van der Waals surface area contributed by atoms with E-state index in [9.17, 15) is 13.2 Å². The summed E-state index contributed by atoms with van der Waals surface area (Å²) in [7, 11) is -2.07. The van der Waals surface area contributed by atoms with Crippen molar-refractivity contribution in [3.05, 3.63) is 48.5 Å². The van der Waals surface area contributed by atoms with Gasteiger partial charge in [0, 0.05) is 38.9 Å². The third kappa shape index (κ3) is 3.18. The Morgan fingerprint density at radius 1 is 1.12 bits per heavy atom. The van der Waals surface area contributed by atoms with Crippen molar-refractivity contribution in [1.82, 2.24) is 23.5 Å². The molecule has 24 heavy (non-hydrogen) atoms. The molecule has 128 valence electrons. The Hall–Kier alpha value is -2.23. The van der Waals surface area contributed by atoms with Gasteiger partial charge in [-0.1, -0.05) is 18.2 Å². The number of nitrogens with zero attached hydrogens (tertiary/aromatic N) is 4. The summed E-state index contributed by atoms with van der Waals surface area (Å²) >= 11 is 0. The fraction of sp³-hybridized carbons (Fsp3) is 0.333. The molecule has 1 fully saturated rings. The van der Waals surface area contributed by atoms with Crippen molar-refractivity contribution in [3.63, 3.8) is 0 Å². The Kier molecular flexibility index (Phi) is 4.65. The number of hydrogen-bond acceptors (Lipinski definition) is 4. The summed E-state index contributed by atoms with van der Waals surface area (Å²) in [6.07, 6.45) is 3.14. The molecule has 0 radical (unpaired) electrons. The summed E-state index contributed by atoms with van der Waals surface area (Å²) in [5, 5.41) is 0. The number of carbonyl (C=O) groups excluding carboxylic acids is 1. The van der Waals surface area contributed by atoms with Crippen molar-refractivity contribution in [1.29, 1.82) is 0 Å². The van der Waals surface area contributed by atoms with Gasteiger partial charge in [-0.15, -0.1) is 0 Å². The number of amides is 1. The van der Waals surface area contributed by atoms with Gasteiger partial charge in [-0.25, -0.2) is 9.71 Å². The van der Waals surface area contributed by atoms with Crippen LogP contribution in [0.3, 0.4) is 0 Å². The first-order valence-electron chi connectivity index (χ1n) is 7.58. The summed E-state index contributed by atoms with van der Waals surface area (Å²) in [4.78, 5) is 18.5. The van der Waals surface area contributed by atoms with E-state index in [1.54, 1.807) is 15.8 Å². The summed E-state index contributed by atoms with van der Waals surface area (Å²) in [6.45, 7) is 1.24. The largest absolute Gasteiger partial charge is 0.335 e. The molecule has 3 rings (SSSR count). The molecule has 0 unspecified atom stereocenters. The van der Waals surface area contributed by atoms with Crippen molar-refractivity contribution in [3.8, 4) is 5.69 Å². The van der Waals surface area contributed by atoms with Crippen LogP contribution in [-0.4, -0.2) is 66.3 Å². The number of rotatable bonds is 4. The second kappa shape index (κ2) is 6.71. The highest BCUT2D eigenvalue weighted by Crippen LogP contribution is 2.15. The number of piperazine rings is 1. The van der Waals surface area contributed by atoms with Crippen molar-refractivity contribution in [2.45, 2.75) is 0 Å². The second-order valence-corrected chi connectivity index (χ2v) is 7.26. The van der Waals surface area contributed by atoms with Crippen LogP contribution in [0.25, 0.3) is 5.69 Å². The Bertz CT molecular complexity index is 811. The van der Waals surface area contributed by atoms with Gasteiger partial charge in [0.25, 0.3) is 16.1 Å². The molecule has 1 N–H and O–H groups in total. The molecule has 8 nitrogen and oxygen atoms in total. The van der Waals surface area contributed by atoms with Crippen LogP contribution in [0.15, 0.2) is 42.9 Å². The normalized spacial score (nSPS) is 16.3. The van der Waals surface area contributed by atoms with E-state index in [0.717, 1.165) is 5.69 Å². The summed E-state index contributed by atoms with van der Waals surface area (Å²) < 4.78 is 29.0. The van der Waals surface area contributed by atoms with E-state index >= 15 is 0 Å². The third-order valence-electron chi connectivity index (χ3n) is 4.02. The Balaban J connectivity index is 1.75. The number of hydrogen-bond donors (Lipinski definition) is 1. The van der Waals surface area contributed by atoms with Crippen LogP contribution in [0.2, 0.25) is 0 Å². The maximum atomic E-state index is 12.8. The van der Waals surface area contributed by atoms with Gasteiger partial charge in [0.1, 0.15) is 5.69 Å². The first-order valence-corrected chi connectivity index (χ1v) is 9.02. The lowest BCUT2D eigenvalue weighted by molar-refractivity contribution is 0.0689. The number of nitrogens with one attached hydrogen (secondary N) is 1. The van der Waals surface area contributed by atoms with Crippen LogP contribution in [0.5, 0.6) is 0 Å². The third-order valence-corrected chi connectivity index (χ3v) is 5.58. The number of imidazole rings is 1. The average molecular weight is 349 g/mol. The Morgan fingerprint density at radius 3 is 2.42 bits per heavy atom. The van der Waals surface area contributed by atoms with E-state index in [-0.39, 0.29) is 19.0 Å². The second-order valence-electron chi connectivity index (χ2n) is 5.38. The smallest absolute Gasteiger partial charge is 0.279 e. The van der Waals surface area contributed by atoms with Gasteiger partial charge in [-0.05, 0) is 12.1 Å². The van der Waals surface area contributed by atoms with Gasteiger partial charge >= 0.3 is 0 Å². The molecule has 1 aromatic carbocycles. The fourth-order valence-corrected chi connectivity index (χ4v) is 3.57. The quantitative estimate of drug-likeness (QED) is 0.848. The van der Waals surface area contributed by atoms with E-state index in [1.165, 1.54) is 17.5 Å². The average Bonchev–Trinajstić information content (AvgIpc) is 3.11. The van der Waals surface area contributed by atoms with E-state index < -0.39 is 10.2 Å². The molecule has 1 aromatic heterocycles. The zero-order valence-electron chi connectivity index (χ0n) is 13.3. The highest BCUT2D eigenvalue weighted by atomic mass is 32.2. The van der Waals surface area contributed by atoms with Crippen molar-refractivity contribution in [2.75, 3.05) is 33.2 Å².